The van der Waals surface area contributed by atoms with Crippen LogP contribution in [0.4, 0.5) is 10.2 Å². The van der Waals surface area contributed by atoms with E-state index in [0.717, 1.165) is 28.8 Å². The number of benzene rings is 2. The molecule has 8 nitrogen and oxygen atoms in total. The Labute approximate surface area is 199 Å². The van der Waals surface area contributed by atoms with E-state index in [1.54, 1.807) is 29.9 Å². The smallest absolute Gasteiger partial charge is 0.348 e. The number of halogens is 2. The van der Waals surface area contributed by atoms with Crippen molar-refractivity contribution in [1.29, 1.82) is 0 Å². The number of aromatic nitrogens is 6. The number of nitrogens with zero attached hydrogens (tertiary/aromatic N) is 5. The molecule has 2 N–H and O–H groups in total. The zero-order valence-electron chi connectivity index (χ0n) is 19.0. The molecule has 3 aromatic heterocycles. The first kappa shape index (κ1) is 22.1. The molecule has 5 rings (SSSR count). The van der Waals surface area contributed by atoms with Gasteiger partial charge in [-0.15, -0.1) is 0 Å². The van der Waals surface area contributed by atoms with Gasteiger partial charge in [-0.2, -0.15) is 10.1 Å². The zero-order chi connectivity index (χ0) is 24.0. The van der Waals surface area contributed by atoms with E-state index < -0.39 is 5.69 Å². The molecule has 0 unspecified atom stereocenters. The molecular formula is C24H23ClFN7O. The van der Waals surface area contributed by atoms with Crippen LogP contribution >= 0.6 is 11.6 Å². The summed E-state index contributed by atoms with van der Waals surface area (Å²) in [5.41, 5.74) is 3.73. The van der Waals surface area contributed by atoms with Crippen LogP contribution in [-0.2, 0) is 26.6 Å². The minimum atomic E-state index is -0.542. The van der Waals surface area contributed by atoms with E-state index in [4.69, 9.17) is 11.6 Å². The summed E-state index contributed by atoms with van der Waals surface area (Å²) in [5, 5.41) is 8.50. The lowest BCUT2D eigenvalue weighted by atomic mass is 10.1. The molecule has 34 heavy (non-hydrogen) atoms. The van der Waals surface area contributed by atoms with E-state index in [2.05, 4.69) is 42.9 Å². The van der Waals surface area contributed by atoms with Crippen LogP contribution in [0.3, 0.4) is 0 Å². The van der Waals surface area contributed by atoms with Gasteiger partial charge in [0, 0.05) is 36.8 Å². The van der Waals surface area contributed by atoms with Crippen molar-refractivity contribution in [1.82, 2.24) is 29.3 Å². The Balaban J connectivity index is 1.45. The molecule has 0 fully saturated rings. The highest BCUT2D eigenvalue weighted by molar-refractivity contribution is 6.31. The molecule has 0 spiro atoms. The summed E-state index contributed by atoms with van der Waals surface area (Å²) < 4.78 is 18.4. The normalized spacial score (nSPS) is 11.6. The fraction of sp³-hybridized carbons (Fsp3) is 0.250. The number of fused-ring (bicyclic) bond motifs is 2. The van der Waals surface area contributed by atoms with Gasteiger partial charge in [0.15, 0.2) is 5.65 Å². The van der Waals surface area contributed by atoms with Crippen molar-refractivity contribution in [3.8, 4) is 0 Å². The SMILES string of the molecule is CCc1nc2ccc(Cn3cc4c(NCc5c(Cl)ccc(C)c5F)nc(=O)[nH]c4n3)cc2n1C. The highest BCUT2D eigenvalue weighted by Crippen LogP contribution is 2.25. The van der Waals surface area contributed by atoms with Crippen LogP contribution in [0.1, 0.15) is 29.4 Å². The number of aromatic amines is 1. The Bertz CT molecular complexity index is 1600. The van der Waals surface area contributed by atoms with Gasteiger partial charge < -0.3 is 9.88 Å². The molecule has 10 heteroatoms. The Morgan fingerprint density at radius 1 is 1.21 bits per heavy atom. The number of hydrogen-bond acceptors (Lipinski definition) is 5. The van der Waals surface area contributed by atoms with Crippen LogP contribution in [0.15, 0.2) is 41.3 Å². The average molecular weight is 480 g/mol. The van der Waals surface area contributed by atoms with Crippen molar-refractivity contribution in [3.05, 3.63) is 80.4 Å². The second-order valence-electron chi connectivity index (χ2n) is 8.25. The van der Waals surface area contributed by atoms with E-state index in [9.17, 15) is 9.18 Å². The number of anilines is 1. The van der Waals surface area contributed by atoms with Gasteiger partial charge in [0.2, 0.25) is 0 Å². The molecule has 0 saturated heterocycles. The third-order valence-corrected chi connectivity index (χ3v) is 6.32. The Kier molecular flexibility index (Phi) is 5.57. The first-order valence-corrected chi connectivity index (χ1v) is 11.3. The molecule has 2 aromatic carbocycles. The van der Waals surface area contributed by atoms with Crippen molar-refractivity contribution in [2.24, 2.45) is 7.05 Å². The van der Waals surface area contributed by atoms with Crippen LogP contribution < -0.4 is 11.0 Å². The largest absolute Gasteiger partial charge is 0.365 e. The van der Waals surface area contributed by atoms with E-state index in [0.29, 0.717) is 39.5 Å². The molecule has 174 valence electrons. The van der Waals surface area contributed by atoms with Crippen molar-refractivity contribution >= 4 is 39.5 Å². The van der Waals surface area contributed by atoms with E-state index in [1.165, 1.54) is 0 Å². The predicted octanol–water partition coefficient (Wildman–Crippen LogP) is 4.33. The lowest BCUT2D eigenvalue weighted by Crippen LogP contribution is -2.14. The monoisotopic (exact) mass is 479 g/mol. The molecule has 0 amide bonds. The van der Waals surface area contributed by atoms with Crippen molar-refractivity contribution < 1.29 is 4.39 Å². The highest BCUT2D eigenvalue weighted by Gasteiger charge is 2.14. The van der Waals surface area contributed by atoms with Crippen LogP contribution in [-0.4, -0.2) is 29.3 Å². The Hall–Kier alpha value is -3.72. The summed E-state index contributed by atoms with van der Waals surface area (Å²) in [6.45, 7) is 4.34. The molecule has 0 aliphatic heterocycles. The molecule has 0 aliphatic carbocycles. The minimum absolute atomic E-state index is 0.0833. The Morgan fingerprint density at radius 3 is 2.82 bits per heavy atom. The molecular weight excluding hydrogens is 457 g/mol. The van der Waals surface area contributed by atoms with Crippen LogP contribution in [0.25, 0.3) is 22.1 Å². The van der Waals surface area contributed by atoms with Crippen LogP contribution in [0.2, 0.25) is 5.02 Å². The predicted molar refractivity (Wildman–Crippen MR) is 131 cm³/mol. The fourth-order valence-electron chi connectivity index (χ4n) is 4.13. The second-order valence-corrected chi connectivity index (χ2v) is 8.66. The molecule has 0 aliphatic rings. The van der Waals surface area contributed by atoms with Crippen molar-refractivity contribution in [3.63, 3.8) is 0 Å². The number of H-pyrrole nitrogens is 1. The van der Waals surface area contributed by atoms with Gasteiger partial charge in [-0.3, -0.25) is 9.67 Å². The summed E-state index contributed by atoms with van der Waals surface area (Å²) in [6.07, 6.45) is 2.67. The number of imidazole rings is 1. The van der Waals surface area contributed by atoms with Gasteiger partial charge in [0.25, 0.3) is 0 Å². The maximum absolute atomic E-state index is 14.5. The highest BCUT2D eigenvalue weighted by atomic mass is 35.5. The molecule has 5 aromatic rings. The molecule has 0 bridgehead atoms. The topological polar surface area (TPSA) is 93.4 Å². The van der Waals surface area contributed by atoms with Gasteiger partial charge in [0.1, 0.15) is 17.5 Å². The van der Waals surface area contributed by atoms with Gasteiger partial charge in [-0.25, -0.2) is 14.2 Å². The molecule has 0 saturated carbocycles. The van der Waals surface area contributed by atoms with Crippen molar-refractivity contribution in [2.75, 3.05) is 5.32 Å². The summed E-state index contributed by atoms with van der Waals surface area (Å²) in [6, 6.07) is 9.39. The fourth-order valence-corrected chi connectivity index (χ4v) is 4.34. The first-order valence-electron chi connectivity index (χ1n) is 10.9. The van der Waals surface area contributed by atoms with Gasteiger partial charge >= 0.3 is 5.69 Å². The number of aryl methyl sites for hydroxylation is 3. The Morgan fingerprint density at radius 2 is 2.03 bits per heavy atom. The maximum atomic E-state index is 14.5. The first-order chi connectivity index (χ1) is 16.3. The lowest BCUT2D eigenvalue weighted by molar-refractivity contribution is 0.604. The van der Waals surface area contributed by atoms with E-state index >= 15 is 0 Å². The van der Waals surface area contributed by atoms with Gasteiger partial charge in [-0.1, -0.05) is 30.7 Å². The van der Waals surface area contributed by atoms with Crippen molar-refractivity contribution in [2.45, 2.75) is 33.4 Å². The number of nitrogens with one attached hydrogen (secondary N) is 2. The third kappa shape index (κ3) is 3.92. The lowest BCUT2D eigenvalue weighted by Gasteiger charge is -2.10. The summed E-state index contributed by atoms with van der Waals surface area (Å²) >= 11 is 6.18. The summed E-state index contributed by atoms with van der Waals surface area (Å²) in [7, 11) is 2.01. The van der Waals surface area contributed by atoms with Crippen LogP contribution in [0, 0.1) is 12.7 Å². The summed E-state index contributed by atoms with van der Waals surface area (Å²) in [4.78, 5) is 23.5. The quantitative estimate of drug-likeness (QED) is 0.378. The number of rotatable bonds is 6. The number of hydrogen-bond donors (Lipinski definition) is 2. The third-order valence-electron chi connectivity index (χ3n) is 5.97. The molecule has 0 radical (unpaired) electrons. The van der Waals surface area contributed by atoms with E-state index in [1.807, 2.05) is 19.2 Å². The second kappa shape index (κ2) is 8.57. The maximum Gasteiger partial charge on any atom is 0.348 e. The zero-order valence-corrected chi connectivity index (χ0v) is 19.7. The van der Waals surface area contributed by atoms with Gasteiger partial charge in [-0.05, 0) is 36.2 Å². The molecule has 0 atom stereocenters. The minimum Gasteiger partial charge on any atom is -0.365 e. The standard InChI is InChI=1S/C24H23ClFN7O/c1-4-20-28-18-8-6-14(9-19(18)32(20)3)11-33-12-16-22(29-24(34)30-23(16)31-33)27-10-15-17(25)7-5-13(2)21(15)26/h5-9,12H,4,10-11H2,1-3H3,(H2,27,29,30,31,34). The molecule has 3 heterocycles. The van der Waals surface area contributed by atoms with Gasteiger partial charge in [0.05, 0.1) is 23.0 Å². The average Bonchev–Trinajstić information content (AvgIpc) is 3.36. The van der Waals surface area contributed by atoms with E-state index in [-0.39, 0.29) is 12.4 Å². The summed E-state index contributed by atoms with van der Waals surface area (Å²) in [5.74, 6) is 0.965. The van der Waals surface area contributed by atoms with Crippen LogP contribution in [0.5, 0.6) is 0 Å².